The first-order valence-electron chi connectivity index (χ1n) is 4.88. The molecule has 0 atom stereocenters. The minimum Gasteiger partial charge on any atom is -0.474 e. The number of fused-ring (bicyclic) bond motifs is 1. The summed E-state index contributed by atoms with van der Waals surface area (Å²) in [5.74, 6) is -1.52. The predicted molar refractivity (Wildman–Crippen MR) is 61.9 cm³/mol. The number of carbonyl (C=O) groups excluding carboxylic acids is 1. The molecule has 4 nitrogen and oxygen atoms in total. The van der Waals surface area contributed by atoms with Crippen LogP contribution >= 0.6 is 11.8 Å². The Labute approximate surface area is 97.3 Å². The summed E-state index contributed by atoms with van der Waals surface area (Å²) in [4.78, 5) is 24.6. The quantitative estimate of drug-likeness (QED) is 0.695. The van der Waals surface area contributed by atoms with E-state index in [0.29, 0.717) is 6.54 Å². The number of rotatable bonds is 0. The summed E-state index contributed by atoms with van der Waals surface area (Å²) in [5.41, 5.74) is 1.67. The highest BCUT2D eigenvalue weighted by Gasteiger charge is 2.28. The Kier molecular flexibility index (Phi) is 2.87. The van der Waals surface area contributed by atoms with Gasteiger partial charge in [0.15, 0.2) is 0 Å². The molecular formula is C11H11NO3S. The number of hydrogen-bond acceptors (Lipinski definition) is 3. The first-order valence-corrected chi connectivity index (χ1v) is 5.87. The van der Waals surface area contributed by atoms with Crippen LogP contribution in [0, 0.1) is 6.92 Å². The van der Waals surface area contributed by atoms with Crippen LogP contribution in [0.2, 0.25) is 0 Å². The molecule has 1 aliphatic heterocycles. The largest absolute Gasteiger partial charge is 0.474 e. The van der Waals surface area contributed by atoms with Gasteiger partial charge in [0.1, 0.15) is 0 Å². The number of thioether (sulfide) groups is 1. The molecule has 1 amide bonds. The van der Waals surface area contributed by atoms with Crippen LogP contribution in [0.5, 0.6) is 0 Å². The molecule has 1 aliphatic rings. The first kappa shape index (κ1) is 11.0. The van der Waals surface area contributed by atoms with Gasteiger partial charge in [-0.05, 0) is 18.6 Å². The molecule has 1 heterocycles. The maximum atomic E-state index is 11.5. The van der Waals surface area contributed by atoms with Gasteiger partial charge in [-0.15, -0.1) is 11.8 Å². The number of aliphatic carboxylic acids is 1. The van der Waals surface area contributed by atoms with E-state index in [1.807, 2.05) is 25.1 Å². The fraction of sp³-hybridized carbons (Fsp3) is 0.273. The van der Waals surface area contributed by atoms with E-state index in [4.69, 9.17) is 5.11 Å². The van der Waals surface area contributed by atoms with Crippen molar-refractivity contribution in [3.8, 4) is 0 Å². The summed E-state index contributed by atoms with van der Waals surface area (Å²) in [6.45, 7) is 2.33. The highest BCUT2D eigenvalue weighted by Crippen LogP contribution is 2.36. The fourth-order valence-corrected chi connectivity index (χ4v) is 2.85. The molecule has 0 unspecified atom stereocenters. The van der Waals surface area contributed by atoms with E-state index in [1.54, 1.807) is 11.8 Å². The molecule has 1 aromatic rings. The molecule has 84 valence electrons. The molecule has 0 spiro atoms. The number of anilines is 1. The van der Waals surface area contributed by atoms with Crippen LogP contribution in [-0.2, 0) is 9.59 Å². The number of nitrogens with zero attached hydrogens (tertiary/aromatic N) is 1. The fourth-order valence-electron chi connectivity index (χ4n) is 1.77. The van der Waals surface area contributed by atoms with Crippen molar-refractivity contribution in [2.45, 2.75) is 11.8 Å². The number of hydrogen-bond donors (Lipinski definition) is 1. The van der Waals surface area contributed by atoms with Crippen LogP contribution in [0.4, 0.5) is 5.69 Å². The van der Waals surface area contributed by atoms with Crippen molar-refractivity contribution in [1.29, 1.82) is 0 Å². The minimum atomic E-state index is -1.40. The van der Waals surface area contributed by atoms with Crippen molar-refractivity contribution in [3.05, 3.63) is 23.8 Å². The number of carboxylic acids is 1. The van der Waals surface area contributed by atoms with Gasteiger partial charge < -0.3 is 10.0 Å². The zero-order valence-electron chi connectivity index (χ0n) is 8.77. The number of benzene rings is 1. The molecule has 16 heavy (non-hydrogen) atoms. The summed E-state index contributed by atoms with van der Waals surface area (Å²) in [7, 11) is 0. The van der Waals surface area contributed by atoms with Crippen molar-refractivity contribution in [1.82, 2.24) is 0 Å². The zero-order valence-corrected chi connectivity index (χ0v) is 9.58. The van der Waals surface area contributed by atoms with E-state index in [0.717, 1.165) is 21.9 Å². The van der Waals surface area contributed by atoms with Gasteiger partial charge in [0.05, 0.1) is 5.69 Å². The van der Waals surface area contributed by atoms with Gasteiger partial charge in [0.2, 0.25) is 0 Å². The monoisotopic (exact) mass is 237 g/mol. The Morgan fingerprint density at radius 1 is 1.44 bits per heavy atom. The van der Waals surface area contributed by atoms with Gasteiger partial charge in [-0.2, -0.15) is 0 Å². The van der Waals surface area contributed by atoms with Crippen molar-refractivity contribution in [2.24, 2.45) is 0 Å². The predicted octanol–water partition coefficient (Wildman–Crippen LogP) is 1.52. The van der Waals surface area contributed by atoms with E-state index in [1.165, 1.54) is 4.90 Å². The van der Waals surface area contributed by atoms with Crippen LogP contribution in [-0.4, -0.2) is 29.3 Å². The van der Waals surface area contributed by atoms with Crippen LogP contribution in [0.3, 0.4) is 0 Å². The molecule has 1 aromatic carbocycles. The first-order chi connectivity index (χ1) is 7.61. The smallest absolute Gasteiger partial charge is 0.394 e. The lowest BCUT2D eigenvalue weighted by Gasteiger charge is -2.29. The summed E-state index contributed by atoms with van der Waals surface area (Å²) >= 11 is 1.65. The molecule has 0 saturated carbocycles. The maximum absolute atomic E-state index is 11.5. The molecule has 2 rings (SSSR count). The Morgan fingerprint density at radius 3 is 2.88 bits per heavy atom. The average Bonchev–Trinajstić information content (AvgIpc) is 2.27. The van der Waals surface area contributed by atoms with Crippen LogP contribution in [0.25, 0.3) is 0 Å². The van der Waals surface area contributed by atoms with Gasteiger partial charge in [-0.25, -0.2) is 4.79 Å². The van der Waals surface area contributed by atoms with Crippen molar-refractivity contribution >= 4 is 29.3 Å². The van der Waals surface area contributed by atoms with E-state index in [2.05, 4.69) is 0 Å². The van der Waals surface area contributed by atoms with E-state index >= 15 is 0 Å². The Morgan fingerprint density at radius 2 is 2.19 bits per heavy atom. The summed E-state index contributed by atoms with van der Waals surface area (Å²) < 4.78 is 0. The van der Waals surface area contributed by atoms with Gasteiger partial charge in [-0.3, -0.25) is 4.79 Å². The van der Waals surface area contributed by atoms with Crippen LogP contribution in [0.1, 0.15) is 5.56 Å². The van der Waals surface area contributed by atoms with Crippen LogP contribution < -0.4 is 4.90 Å². The third-order valence-corrected chi connectivity index (χ3v) is 3.50. The second-order valence-corrected chi connectivity index (χ2v) is 4.67. The van der Waals surface area contributed by atoms with Gasteiger partial charge in [0.25, 0.3) is 0 Å². The van der Waals surface area contributed by atoms with Gasteiger partial charge >= 0.3 is 11.9 Å². The number of carboxylic acid groups (broad SMARTS) is 1. The number of amides is 1. The Hall–Kier alpha value is -1.49. The van der Waals surface area contributed by atoms with Crippen molar-refractivity contribution in [2.75, 3.05) is 17.2 Å². The molecule has 0 bridgehead atoms. The summed E-state index contributed by atoms with van der Waals surface area (Å²) in [6.07, 6.45) is 0. The minimum absolute atomic E-state index is 0.452. The van der Waals surface area contributed by atoms with Crippen molar-refractivity contribution < 1.29 is 14.7 Å². The third kappa shape index (κ3) is 1.78. The molecule has 1 N–H and O–H groups in total. The lowest BCUT2D eigenvalue weighted by atomic mass is 10.1. The number of aryl methyl sites for hydroxylation is 1. The highest BCUT2D eigenvalue weighted by molar-refractivity contribution is 7.99. The second-order valence-electron chi connectivity index (χ2n) is 3.53. The second kappa shape index (κ2) is 4.17. The van der Waals surface area contributed by atoms with Gasteiger partial charge in [0, 0.05) is 17.2 Å². The number of carbonyl (C=O) groups is 2. The lowest BCUT2D eigenvalue weighted by molar-refractivity contribution is -0.148. The molecule has 0 radical (unpaired) electrons. The van der Waals surface area contributed by atoms with Crippen molar-refractivity contribution in [3.63, 3.8) is 0 Å². The van der Waals surface area contributed by atoms with Crippen LogP contribution in [0.15, 0.2) is 23.1 Å². The molecule has 0 aliphatic carbocycles. The Bertz CT molecular complexity index is 459. The molecule has 0 aromatic heterocycles. The zero-order chi connectivity index (χ0) is 11.7. The number of para-hydroxylation sites is 1. The molecular weight excluding hydrogens is 226 g/mol. The van der Waals surface area contributed by atoms with E-state index in [9.17, 15) is 9.59 Å². The lowest BCUT2D eigenvalue weighted by Crippen LogP contribution is -2.40. The topological polar surface area (TPSA) is 57.6 Å². The highest BCUT2D eigenvalue weighted by atomic mass is 32.2. The summed E-state index contributed by atoms with van der Waals surface area (Å²) in [6, 6.07) is 5.71. The Balaban J connectivity index is 2.47. The molecule has 5 heteroatoms. The van der Waals surface area contributed by atoms with E-state index in [-0.39, 0.29) is 0 Å². The summed E-state index contributed by atoms with van der Waals surface area (Å²) in [5, 5.41) is 8.75. The molecule has 0 saturated heterocycles. The average molecular weight is 237 g/mol. The SMILES string of the molecule is Cc1cccc2c1N(C(=O)C(=O)O)CCS2. The van der Waals surface area contributed by atoms with E-state index < -0.39 is 11.9 Å². The normalized spacial score (nSPS) is 14.4. The maximum Gasteiger partial charge on any atom is 0.394 e. The molecule has 0 fully saturated rings. The standard InChI is InChI=1S/C11H11NO3S/c1-7-3-2-4-8-9(7)12(5-6-16-8)10(13)11(14)15/h2-4H,5-6H2,1H3,(H,14,15). The third-order valence-electron chi connectivity index (χ3n) is 2.47. The van der Waals surface area contributed by atoms with Gasteiger partial charge in [-0.1, -0.05) is 12.1 Å².